The van der Waals surface area contributed by atoms with Crippen LogP contribution in [0.3, 0.4) is 0 Å². The van der Waals surface area contributed by atoms with Crippen LogP contribution in [0.1, 0.15) is 18.4 Å². The largest absolute Gasteiger partial charge is 0.355 e. The molecule has 25 heavy (non-hydrogen) atoms. The lowest BCUT2D eigenvalue weighted by Gasteiger charge is -2.32. The van der Waals surface area contributed by atoms with Gasteiger partial charge in [0.15, 0.2) is 0 Å². The van der Waals surface area contributed by atoms with Crippen LogP contribution < -0.4 is 10.2 Å². The molecule has 1 fully saturated rings. The Kier molecular flexibility index (Phi) is 6.28. The highest BCUT2D eigenvalue weighted by molar-refractivity contribution is 8.00. The van der Waals surface area contributed by atoms with Gasteiger partial charge in [0.1, 0.15) is 0 Å². The molecule has 1 atom stereocenters. The number of thioether (sulfide) groups is 1. The Morgan fingerprint density at radius 1 is 1.28 bits per heavy atom. The summed E-state index contributed by atoms with van der Waals surface area (Å²) in [6, 6.07) is 9.99. The summed E-state index contributed by atoms with van der Waals surface area (Å²) in [7, 11) is 0. The number of benzene rings is 1. The van der Waals surface area contributed by atoms with Crippen LogP contribution in [0.15, 0.2) is 47.6 Å². The van der Waals surface area contributed by atoms with E-state index in [0.717, 1.165) is 38.4 Å². The van der Waals surface area contributed by atoms with E-state index in [4.69, 9.17) is 0 Å². The van der Waals surface area contributed by atoms with Gasteiger partial charge in [-0.25, -0.2) is 9.97 Å². The van der Waals surface area contributed by atoms with Crippen LogP contribution in [0.2, 0.25) is 0 Å². The minimum Gasteiger partial charge on any atom is -0.355 e. The Hall–Kier alpha value is -2.08. The van der Waals surface area contributed by atoms with Crippen molar-refractivity contribution in [3.05, 3.63) is 48.3 Å². The summed E-state index contributed by atoms with van der Waals surface area (Å²) in [5.41, 5.74) is 1.21. The van der Waals surface area contributed by atoms with Gasteiger partial charge >= 0.3 is 0 Å². The molecule has 1 aliphatic heterocycles. The molecule has 6 heteroatoms. The van der Waals surface area contributed by atoms with Gasteiger partial charge < -0.3 is 10.2 Å². The number of carbonyl (C=O) groups is 1. The number of amides is 1. The highest BCUT2D eigenvalue weighted by atomic mass is 32.2. The molecule has 1 amide bonds. The van der Waals surface area contributed by atoms with Crippen molar-refractivity contribution in [3.63, 3.8) is 0 Å². The predicted molar refractivity (Wildman–Crippen MR) is 102 cm³/mol. The van der Waals surface area contributed by atoms with Crippen molar-refractivity contribution in [2.45, 2.75) is 24.7 Å². The zero-order chi connectivity index (χ0) is 17.5. The molecule has 5 nitrogen and oxygen atoms in total. The molecular weight excluding hydrogens is 332 g/mol. The molecule has 0 radical (unpaired) electrons. The first-order valence-electron chi connectivity index (χ1n) is 8.69. The summed E-state index contributed by atoms with van der Waals surface area (Å²) in [6.45, 7) is 4.67. The van der Waals surface area contributed by atoms with Crippen molar-refractivity contribution in [1.29, 1.82) is 0 Å². The molecule has 1 N–H and O–H groups in total. The molecule has 1 saturated heterocycles. The van der Waals surface area contributed by atoms with Gasteiger partial charge in [0.05, 0.1) is 5.75 Å². The molecule has 0 bridgehead atoms. The van der Waals surface area contributed by atoms with E-state index in [9.17, 15) is 4.79 Å². The van der Waals surface area contributed by atoms with E-state index in [1.165, 1.54) is 10.5 Å². The van der Waals surface area contributed by atoms with Crippen LogP contribution in [0, 0.1) is 12.8 Å². The average Bonchev–Trinajstić information content (AvgIpc) is 2.67. The molecule has 2 aromatic rings. The van der Waals surface area contributed by atoms with Crippen LogP contribution >= 0.6 is 11.8 Å². The fourth-order valence-electron chi connectivity index (χ4n) is 3.04. The molecule has 0 spiro atoms. The fraction of sp³-hybridized carbons (Fsp3) is 0.421. The zero-order valence-corrected chi connectivity index (χ0v) is 15.3. The van der Waals surface area contributed by atoms with Crippen molar-refractivity contribution in [2.24, 2.45) is 5.92 Å². The summed E-state index contributed by atoms with van der Waals surface area (Å²) in [5.74, 6) is 1.79. The minimum absolute atomic E-state index is 0.0985. The first-order valence-corrected chi connectivity index (χ1v) is 9.68. The van der Waals surface area contributed by atoms with Gasteiger partial charge in [0, 0.05) is 36.9 Å². The number of rotatable bonds is 6. The van der Waals surface area contributed by atoms with Gasteiger partial charge in [-0.15, -0.1) is 11.8 Å². The molecule has 0 unspecified atom stereocenters. The van der Waals surface area contributed by atoms with Gasteiger partial charge in [0.2, 0.25) is 11.9 Å². The number of nitrogens with zero attached hydrogens (tertiary/aromatic N) is 3. The third-order valence-electron chi connectivity index (χ3n) is 4.39. The number of hydrogen-bond donors (Lipinski definition) is 1. The first-order chi connectivity index (χ1) is 12.2. The first kappa shape index (κ1) is 17.7. The molecule has 1 aromatic carbocycles. The fourth-order valence-corrected chi connectivity index (χ4v) is 3.90. The third-order valence-corrected chi connectivity index (χ3v) is 5.57. The van der Waals surface area contributed by atoms with Crippen LogP contribution in [0.4, 0.5) is 5.95 Å². The molecule has 0 aliphatic carbocycles. The summed E-state index contributed by atoms with van der Waals surface area (Å²) in [4.78, 5) is 24.2. The molecule has 0 saturated carbocycles. The highest BCUT2D eigenvalue weighted by Crippen LogP contribution is 2.22. The van der Waals surface area contributed by atoms with Crippen molar-refractivity contribution in [2.75, 3.05) is 30.3 Å². The SMILES string of the molecule is Cc1ccccc1SCC(=O)NC[C@H]1CCCN(c2ncccn2)C1. The van der Waals surface area contributed by atoms with Crippen LogP contribution in [0.25, 0.3) is 0 Å². The van der Waals surface area contributed by atoms with E-state index in [1.807, 2.05) is 18.2 Å². The number of aromatic nitrogens is 2. The third kappa shape index (κ3) is 5.19. The summed E-state index contributed by atoms with van der Waals surface area (Å²) in [5, 5.41) is 3.09. The summed E-state index contributed by atoms with van der Waals surface area (Å²) >= 11 is 1.60. The monoisotopic (exact) mass is 356 g/mol. The maximum Gasteiger partial charge on any atom is 0.230 e. The van der Waals surface area contributed by atoms with Crippen molar-refractivity contribution >= 4 is 23.6 Å². The molecular formula is C19H24N4OS. The number of nitrogens with one attached hydrogen (secondary N) is 1. The average molecular weight is 356 g/mol. The van der Waals surface area contributed by atoms with Crippen molar-refractivity contribution < 1.29 is 4.79 Å². The number of carbonyl (C=O) groups excluding carboxylic acids is 1. The van der Waals surface area contributed by atoms with Crippen LogP contribution in [-0.4, -0.2) is 41.3 Å². The van der Waals surface area contributed by atoms with Gasteiger partial charge in [-0.1, -0.05) is 18.2 Å². The van der Waals surface area contributed by atoms with Gasteiger partial charge in [-0.05, 0) is 43.4 Å². The second-order valence-electron chi connectivity index (χ2n) is 6.36. The van der Waals surface area contributed by atoms with Gasteiger partial charge in [-0.2, -0.15) is 0 Å². The van der Waals surface area contributed by atoms with Gasteiger partial charge in [-0.3, -0.25) is 4.79 Å². The maximum atomic E-state index is 12.2. The van der Waals surface area contributed by atoms with E-state index in [0.29, 0.717) is 11.7 Å². The number of piperidine rings is 1. The Bertz CT molecular complexity index is 695. The lowest BCUT2D eigenvalue weighted by atomic mass is 9.98. The van der Waals surface area contributed by atoms with Crippen LogP contribution in [-0.2, 0) is 4.79 Å². The predicted octanol–water partition coefficient (Wildman–Crippen LogP) is 2.91. The standard InChI is InChI=1S/C19H24N4OS/c1-15-6-2-3-8-17(15)25-14-18(24)22-12-16-7-4-11-23(13-16)19-20-9-5-10-21-19/h2-3,5-6,8-10,16H,4,7,11-14H2,1H3,(H,22,24)/t16-/m1/s1. The number of aryl methyl sites for hydroxylation is 1. The van der Waals surface area contributed by atoms with Crippen molar-refractivity contribution in [3.8, 4) is 0 Å². The molecule has 3 rings (SSSR count). The van der Waals surface area contributed by atoms with E-state index in [2.05, 4.69) is 39.2 Å². The normalized spacial score (nSPS) is 17.3. The van der Waals surface area contributed by atoms with Crippen LogP contribution in [0.5, 0.6) is 0 Å². The van der Waals surface area contributed by atoms with Gasteiger partial charge in [0.25, 0.3) is 0 Å². The Balaban J connectivity index is 1.43. The Labute approximate surface area is 153 Å². The molecule has 1 aliphatic rings. The van der Waals surface area contributed by atoms with E-state index < -0.39 is 0 Å². The van der Waals surface area contributed by atoms with E-state index in [-0.39, 0.29) is 5.91 Å². The second kappa shape index (κ2) is 8.85. The maximum absolute atomic E-state index is 12.2. The summed E-state index contributed by atoms with van der Waals surface area (Å²) in [6.07, 6.45) is 5.79. The molecule has 132 valence electrons. The topological polar surface area (TPSA) is 58.1 Å². The number of anilines is 1. The molecule has 1 aromatic heterocycles. The quantitative estimate of drug-likeness (QED) is 0.807. The lowest BCUT2D eigenvalue weighted by molar-refractivity contribution is -0.118. The lowest BCUT2D eigenvalue weighted by Crippen LogP contribution is -2.42. The van der Waals surface area contributed by atoms with Crippen molar-refractivity contribution in [1.82, 2.24) is 15.3 Å². The molecule has 2 heterocycles. The summed E-state index contributed by atoms with van der Waals surface area (Å²) < 4.78 is 0. The smallest absolute Gasteiger partial charge is 0.230 e. The van der Waals surface area contributed by atoms with E-state index in [1.54, 1.807) is 24.2 Å². The Morgan fingerprint density at radius 2 is 2.08 bits per heavy atom. The minimum atomic E-state index is 0.0985. The van der Waals surface area contributed by atoms with E-state index >= 15 is 0 Å². The zero-order valence-electron chi connectivity index (χ0n) is 14.5. The second-order valence-corrected chi connectivity index (χ2v) is 7.38. The highest BCUT2D eigenvalue weighted by Gasteiger charge is 2.22. The Morgan fingerprint density at radius 3 is 2.88 bits per heavy atom. The number of hydrogen-bond acceptors (Lipinski definition) is 5.